The van der Waals surface area contributed by atoms with Gasteiger partial charge in [-0.1, -0.05) is 0 Å². The maximum absolute atomic E-state index is 11.0. The number of carbonyl (C=O) groups is 2. The van der Waals surface area contributed by atoms with Gasteiger partial charge in [0.25, 0.3) is 0 Å². The molecule has 2 unspecified atom stereocenters. The van der Waals surface area contributed by atoms with Gasteiger partial charge in [0, 0.05) is 32.1 Å². The highest BCUT2D eigenvalue weighted by Gasteiger charge is 2.41. The van der Waals surface area contributed by atoms with E-state index in [1.165, 1.54) is 0 Å². The van der Waals surface area contributed by atoms with Gasteiger partial charge in [0.05, 0.1) is 5.92 Å². The zero-order valence-electron chi connectivity index (χ0n) is 10.2. The summed E-state index contributed by atoms with van der Waals surface area (Å²) in [6.45, 7) is 3.34. The average Bonchev–Trinajstić information content (AvgIpc) is 2.17. The van der Waals surface area contributed by atoms with Crippen molar-refractivity contribution in [3.8, 4) is 0 Å². The van der Waals surface area contributed by atoms with Crippen LogP contribution < -0.4 is 5.32 Å². The van der Waals surface area contributed by atoms with Crippen LogP contribution in [-0.4, -0.2) is 47.1 Å². The Morgan fingerprint density at radius 2 is 1.82 bits per heavy atom. The van der Waals surface area contributed by atoms with Crippen LogP contribution in [0, 0.1) is 5.92 Å². The third-order valence-corrected chi connectivity index (χ3v) is 3.96. The number of amides is 1. The lowest BCUT2D eigenvalue weighted by Crippen LogP contribution is -2.54. The maximum atomic E-state index is 11.0. The Bertz CT molecular complexity index is 311. The van der Waals surface area contributed by atoms with Crippen LogP contribution in [0.4, 0.5) is 0 Å². The van der Waals surface area contributed by atoms with E-state index in [1.807, 2.05) is 0 Å². The van der Waals surface area contributed by atoms with Crippen molar-refractivity contribution in [2.45, 2.75) is 44.7 Å². The largest absolute Gasteiger partial charge is 0.481 e. The van der Waals surface area contributed by atoms with Crippen LogP contribution in [0.25, 0.3) is 0 Å². The molecule has 0 bridgehead atoms. The van der Waals surface area contributed by atoms with Crippen LogP contribution in [-0.2, 0) is 9.59 Å². The number of carboxylic acid groups (broad SMARTS) is 1. The molecule has 1 heterocycles. The molecule has 1 saturated carbocycles. The van der Waals surface area contributed by atoms with E-state index in [0.29, 0.717) is 0 Å². The van der Waals surface area contributed by atoms with Crippen molar-refractivity contribution in [2.75, 3.05) is 13.1 Å². The molecule has 2 aliphatic rings. The molecule has 17 heavy (non-hydrogen) atoms. The zero-order chi connectivity index (χ0) is 12.4. The predicted octanol–water partition coefficient (Wildman–Crippen LogP) is 0.450. The average molecular weight is 240 g/mol. The molecule has 96 valence electrons. The number of carbonyl (C=O) groups excluding carboxylic acids is 1. The molecule has 2 rings (SSSR count). The van der Waals surface area contributed by atoms with E-state index in [1.54, 1.807) is 6.92 Å². The molecule has 0 radical (unpaired) electrons. The minimum Gasteiger partial charge on any atom is -0.481 e. The van der Waals surface area contributed by atoms with Crippen molar-refractivity contribution < 1.29 is 14.7 Å². The van der Waals surface area contributed by atoms with E-state index in [-0.39, 0.29) is 23.9 Å². The molecule has 0 aromatic carbocycles. The Morgan fingerprint density at radius 1 is 1.18 bits per heavy atom. The summed E-state index contributed by atoms with van der Waals surface area (Å²) in [6.07, 6.45) is 3.68. The minimum absolute atomic E-state index is 0.0236. The van der Waals surface area contributed by atoms with Crippen molar-refractivity contribution in [3.05, 3.63) is 0 Å². The van der Waals surface area contributed by atoms with E-state index < -0.39 is 5.97 Å². The monoisotopic (exact) mass is 240 g/mol. The zero-order valence-corrected chi connectivity index (χ0v) is 10.2. The van der Waals surface area contributed by atoms with Gasteiger partial charge < -0.3 is 10.4 Å². The van der Waals surface area contributed by atoms with Crippen LogP contribution in [0.5, 0.6) is 0 Å². The van der Waals surface area contributed by atoms with Gasteiger partial charge >= 0.3 is 5.97 Å². The van der Waals surface area contributed by atoms with Crippen molar-refractivity contribution in [1.29, 1.82) is 0 Å². The highest BCUT2D eigenvalue weighted by atomic mass is 16.4. The number of aliphatic carboxylic acids is 1. The van der Waals surface area contributed by atoms with E-state index in [4.69, 9.17) is 5.11 Å². The third kappa shape index (κ3) is 2.77. The third-order valence-electron chi connectivity index (χ3n) is 3.96. The van der Waals surface area contributed by atoms with Crippen molar-refractivity contribution in [3.63, 3.8) is 0 Å². The second kappa shape index (κ2) is 5.04. The van der Waals surface area contributed by atoms with Gasteiger partial charge in [-0.3, -0.25) is 14.5 Å². The second-order valence-corrected chi connectivity index (χ2v) is 5.10. The SMILES string of the molecule is CC(=O)NC1CCN(C2CCC2C(=O)O)CC1. The van der Waals surface area contributed by atoms with Crippen molar-refractivity contribution in [1.82, 2.24) is 10.2 Å². The first-order valence-corrected chi connectivity index (χ1v) is 6.32. The van der Waals surface area contributed by atoms with Gasteiger partial charge in [0.15, 0.2) is 0 Å². The Hall–Kier alpha value is -1.10. The van der Waals surface area contributed by atoms with Crippen LogP contribution in [0.3, 0.4) is 0 Å². The number of likely N-dealkylation sites (tertiary alicyclic amines) is 1. The quantitative estimate of drug-likeness (QED) is 0.751. The van der Waals surface area contributed by atoms with Crippen molar-refractivity contribution >= 4 is 11.9 Å². The van der Waals surface area contributed by atoms with Gasteiger partial charge in [-0.05, 0) is 25.7 Å². The Morgan fingerprint density at radius 3 is 2.24 bits per heavy atom. The molecule has 1 saturated heterocycles. The number of nitrogens with zero attached hydrogens (tertiary/aromatic N) is 1. The van der Waals surface area contributed by atoms with Crippen LogP contribution in [0.15, 0.2) is 0 Å². The maximum Gasteiger partial charge on any atom is 0.308 e. The molecule has 1 amide bonds. The summed E-state index contributed by atoms with van der Waals surface area (Å²) in [7, 11) is 0. The molecule has 5 heteroatoms. The molecular formula is C12H20N2O3. The lowest BCUT2D eigenvalue weighted by atomic mass is 9.77. The van der Waals surface area contributed by atoms with E-state index in [0.717, 1.165) is 38.8 Å². The summed E-state index contributed by atoms with van der Waals surface area (Å²) in [5.41, 5.74) is 0. The number of piperidine rings is 1. The number of hydrogen-bond acceptors (Lipinski definition) is 3. The summed E-state index contributed by atoms with van der Waals surface area (Å²) in [5.74, 6) is -0.812. The molecule has 2 N–H and O–H groups in total. The standard InChI is InChI=1S/C12H20N2O3/c1-8(15)13-9-4-6-14(7-5-9)11-3-2-10(11)12(16)17/h9-11H,2-7H2,1H3,(H,13,15)(H,16,17). The second-order valence-electron chi connectivity index (χ2n) is 5.10. The lowest BCUT2D eigenvalue weighted by molar-refractivity contribution is -0.149. The number of hydrogen-bond donors (Lipinski definition) is 2. The molecular weight excluding hydrogens is 220 g/mol. The molecule has 0 aromatic heterocycles. The van der Waals surface area contributed by atoms with Gasteiger partial charge in [0.2, 0.25) is 5.91 Å². The van der Waals surface area contributed by atoms with Gasteiger partial charge in [0.1, 0.15) is 0 Å². The smallest absolute Gasteiger partial charge is 0.308 e. The first-order chi connectivity index (χ1) is 8.08. The molecule has 1 aliphatic carbocycles. The van der Waals surface area contributed by atoms with Gasteiger partial charge in [-0.15, -0.1) is 0 Å². The highest BCUT2D eigenvalue weighted by molar-refractivity contribution is 5.73. The fourth-order valence-electron chi connectivity index (χ4n) is 2.87. The normalized spacial score (nSPS) is 30.6. The minimum atomic E-state index is -0.662. The summed E-state index contributed by atoms with van der Waals surface area (Å²) in [5, 5.41) is 12.0. The predicted molar refractivity (Wildman–Crippen MR) is 62.6 cm³/mol. The first-order valence-electron chi connectivity index (χ1n) is 6.32. The lowest BCUT2D eigenvalue weighted by Gasteiger charge is -2.45. The first kappa shape index (κ1) is 12.4. The van der Waals surface area contributed by atoms with Crippen LogP contribution >= 0.6 is 0 Å². The molecule has 5 nitrogen and oxygen atoms in total. The molecule has 0 aromatic rings. The van der Waals surface area contributed by atoms with E-state index in [2.05, 4.69) is 10.2 Å². The molecule has 2 atom stereocenters. The van der Waals surface area contributed by atoms with Crippen LogP contribution in [0.1, 0.15) is 32.6 Å². The topological polar surface area (TPSA) is 69.6 Å². The highest BCUT2D eigenvalue weighted by Crippen LogP contribution is 2.33. The Balaban J connectivity index is 1.79. The van der Waals surface area contributed by atoms with Gasteiger partial charge in [-0.25, -0.2) is 0 Å². The molecule has 2 fully saturated rings. The summed E-state index contributed by atoms with van der Waals surface area (Å²) in [4.78, 5) is 24.2. The number of rotatable bonds is 3. The summed E-state index contributed by atoms with van der Waals surface area (Å²) < 4.78 is 0. The van der Waals surface area contributed by atoms with E-state index >= 15 is 0 Å². The Labute approximate surface area is 101 Å². The fourth-order valence-corrected chi connectivity index (χ4v) is 2.87. The van der Waals surface area contributed by atoms with E-state index in [9.17, 15) is 9.59 Å². The fraction of sp³-hybridized carbons (Fsp3) is 0.833. The number of nitrogens with one attached hydrogen (secondary N) is 1. The van der Waals surface area contributed by atoms with Crippen LogP contribution in [0.2, 0.25) is 0 Å². The molecule has 1 aliphatic heterocycles. The van der Waals surface area contributed by atoms with Gasteiger partial charge in [-0.2, -0.15) is 0 Å². The number of carboxylic acids is 1. The summed E-state index contributed by atoms with van der Waals surface area (Å²) in [6, 6.07) is 0.498. The van der Waals surface area contributed by atoms with Crippen molar-refractivity contribution in [2.24, 2.45) is 5.92 Å². The molecule has 0 spiro atoms. The Kier molecular flexibility index (Phi) is 3.66. The summed E-state index contributed by atoms with van der Waals surface area (Å²) >= 11 is 0.